The minimum Gasteiger partial charge on any atom is -0.502 e. The monoisotopic (exact) mass is 332 g/mol. The number of nitro benzene ring substituents is 1. The van der Waals surface area contributed by atoms with E-state index in [-0.39, 0.29) is 11.6 Å². The molecule has 1 heterocycles. The van der Waals surface area contributed by atoms with E-state index in [4.69, 9.17) is 0 Å². The molecule has 1 aromatic carbocycles. The highest BCUT2D eigenvalue weighted by molar-refractivity contribution is 5.95. The first-order chi connectivity index (χ1) is 11.3. The SMILES string of the molecule is CCC(NC(=O)c1ccc(O)c([N+](=O)[O-])c1)c1c(C)nn(C)c1C. The minimum atomic E-state index is -0.723. The zero-order chi connectivity index (χ0) is 18.0. The van der Waals surface area contributed by atoms with E-state index in [0.717, 1.165) is 29.1 Å². The second-order valence-electron chi connectivity index (χ2n) is 5.60. The van der Waals surface area contributed by atoms with Crippen molar-refractivity contribution in [3.05, 3.63) is 50.8 Å². The summed E-state index contributed by atoms with van der Waals surface area (Å²) in [6.45, 7) is 5.74. The molecule has 0 radical (unpaired) electrons. The Bertz CT molecular complexity index is 798. The summed E-state index contributed by atoms with van der Waals surface area (Å²) in [4.78, 5) is 22.6. The first-order valence-corrected chi connectivity index (χ1v) is 7.54. The van der Waals surface area contributed by atoms with E-state index < -0.39 is 22.3 Å². The standard InChI is InChI=1S/C16H20N4O4/c1-5-12(15-9(2)18-19(4)10(15)3)17-16(22)11-6-7-14(21)13(8-11)20(23)24/h6-8,12,21H,5H2,1-4H3,(H,17,22). The summed E-state index contributed by atoms with van der Waals surface area (Å²) in [5.74, 6) is -0.907. The molecular weight excluding hydrogens is 312 g/mol. The van der Waals surface area contributed by atoms with Gasteiger partial charge in [-0.25, -0.2) is 0 Å². The Morgan fingerprint density at radius 2 is 2.12 bits per heavy atom. The van der Waals surface area contributed by atoms with Gasteiger partial charge in [0.1, 0.15) is 0 Å². The number of amides is 1. The molecule has 2 rings (SSSR count). The number of benzene rings is 1. The lowest BCUT2D eigenvalue weighted by Crippen LogP contribution is -2.29. The van der Waals surface area contributed by atoms with Gasteiger partial charge >= 0.3 is 5.69 Å². The van der Waals surface area contributed by atoms with Crippen molar-refractivity contribution in [2.24, 2.45) is 7.05 Å². The Morgan fingerprint density at radius 1 is 1.46 bits per heavy atom. The Balaban J connectivity index is 2.30. The number of hydrogen-bond acceptors (Lipinski definition) is 5. The number of carbonyl (C=O) groups excluding carboxylic acids is 1. The number of nitrogens with one attached hydrogen (secondary N) is 1. The van der Waals surface area contributed by atoms with Gasteiger partial charge in [-0.2, -0.15) is 5.10 Å². The number of phenols is 1. The summed E-state index contributed by atoms with van der Waals surface area (Å²) in [5.41, 5.74) is 2.36. The van der Waals surface area contributed by atoms with Crippen LogP contribution >= 0.6 is 0 Å². The zero-order valence-corrected chi connectivity index (χ0v) is 14.0. The van der Waals surface area contributed by atoms with Crippen LogP contribution in [0.2, 0.25) is 0 Å². The third-order valence-electron chi connectivity index (χ3n) is 4.06. The summed E-state index contributed by atoms with van der Waals surface area (Å²) in [6.07, 6.45) is 0.652. The summed E-state index contributed by atoms with van der Waals surface area (Å²) < 4.78 is 1.75. The van der Waals surface area contributed by atoms with E-state index >= 15 is 0 Å². The average Bonchev–Trinajstić information content (AvgIpc) is 2.78. The van der Waals surface area contributed by atoms with Crippen molar-refractivity contribution >= 4 is 11.6 Å². The van der Waals surface area contributed by atoms with Gasteiger partial charge in [-0.3, -0.25) is 19.6 Å². The Hall–Kier alpha value is -2.90. The molecule has 1 unspecified atom stereocenters. The van der Waals surface area contributed by atoms with Crippen LogP contribution in [-0.4, -0.2) is 25.7 Å². The molecule has 1 atom stereocenters. The van der Waals surface area contributed by atoms with Gasteiger partial charge in [0.15, 0.2) is 5.75 Å². The number of hydrogen-bond donors (Lipinski definition) is 2. The predicted octanol–water partition coefficient (Wildman–Crippen LogP) is 2.53. The molecule has 0 aliphatic heterocycles. The number of nitro groups is 1. The number of aromatic hydroxyl groups is 1. The van der Waals surface area contributed by atoms with Crippen molar-refractivity contribution in [2.45, 2.75) is 33.2 Å². The van der Waals surface area contributed by atoms with Gasteiger partial charge in [0.05, 0.1) is 16.7 Å². The van der Waals surface area contributed by atoms with E-state index in [0.29, 0.717) is 6.42 Å². The largest absolute Gasteiger partial charge is 0.502 e. The minimum absolute atomic E-state index is 0.122. The second kappa shape index (κ2) is 6.69. The van der Waals surface area contributed by atoms with Gasteiger partial charge in [-0.05, 0) is 32.4 Å². The number of phenolic OH excluding ortho intramolecular Hbond substituents is 1. The van der Waals surface area contributed by atoms with E-state index in [2.05, 4.69) is 10.4 Å². The van der Waals surface area contributed by atoms with Gasteiger partial charge in [0.25, 0.3) is 5.91 Å². The number of nitrogens with zero attached hydrogens (tertiary/aromatic N) is 3. The van der Waals surface area contributed by atoms with Gasteiger partial charge in [-0.15, -0.1) is 0 Å². The number of rotatable bonds is 5. The summed E-state index contributed by atoms with van der Waals surface area (Å²) in [7, 11) is 1.84. The van der Waals surface area contributed by atoms with Crippen molar-refractivity contribution in [1.29, 1.82) is 0 Å². The number of aromatic nitrogens is 2. The van der Waals surface area contributed by atoms with Crippen LogP contribution in [0.25, 0.3) is 0 Å². The molecule has 0 aliphatic carbocycles. The highest BCUT2D eigenvalue weighted by Gasteiger charge is 2.23. The van der Waals surface area contributed by atoms with Crippen LogP contribution in [0.15, 0.2) is 18.2 Å². The van der Waals surface area contributed by atoms with E-state index in [9.17, 15) is 20.0 Å². The van der Waals surface area contributed by atoms with Crippen molar-refractivity contribution < 1.29 is 14.8 Å². The van der Waals surface area contributed by atoms with Crippen LogP contribution in [0, 0.1) is 24.0 Å². The molecule has 8 nitrogen and oxygen atoms in total. The molecule has 128 valence electrons. The third kappa shape index (κ3) is 3.22. The average molecular weight is 332 g/mol. The first kappa shape index (κ1) is 17.5. The van der Waals surface area contributed by atoms with Crippen LogP contribution in [0.5, 0.6) is 5.75 Å². The molecule has 2 N–H and O–H groups in total. The number of carbonyl (C=O) groups is 1. The molecule has 0 fully saturated rings. The molecule has 0 saturated heterocycles. The normalized spacial score (nSPS) is 12.0. The molecule has 8 heteroatoms. The fraction of sp³-hybridized carbons (Fsp3) is 0.375. The van der Waals surface area contributed by atoms with Crippen molar-refractivity contribution in [3.63, 3.8) is 0 Å². The molecule has 0 saturated carbocycles. The Labute approximate surface area is 139 Å². The molecular formula is C16H20N4O4. The van der Waals surface area contributed by atoms with Gasteiger partial charge < -0.3 is 10.4 Å². The van der Waals surface area contributed by atoms with Crippen LogP contribution in [-0.2, 0) is 7.05 Å². The highest BCUT2D eigenvalue weighted by Crippen LogP contribution is 2.28. The quantitative estimate of drug-likeness (QED) is 0.646. The summed E-state index contributed by atoms with van der Waals surface area (Å²) >= 11 is 0. The third-order valence-corrected chi connectivity index (χ3v) is 4.06. The molecule has 2 aromatic rings. The molecule has 1 aromatic heterocycles. The van der Waals surface area contributed by atoms with Crippen LogP contribution in [0.1, 0.15) is 46.7 Å². The van der Waals surface area contributed by atoms with Gasteiger partial charge in [0.2, 0.25) is 0 Å². The molecule has 0 spiro atoms. The fourth-order valence-corrected chi connectivity index (χ4v) is 2.73. The molecule has 0 aliphatic rings. The van der Waals surface area contributed by atoms with E-state index in [1.807, 2.05) is 27.8 Å². The second-order valence-corrected chi connectivity index (χ2v) is 5.60. The maximum Gasteiger partial charge on any atom is 0.311 e. The van der Waals surface area contributed by atoms with Crippen molar-refractivity contribution in [2.75, 3.05) is 0 Å². The topological polar surface area (TPSA) is 110 Å². The van der Waals surface area contributed by atoms with Crippen molar-refractivity contribution in [3.8, 4) is 5.75 Å². The maximum absolute atomic E-state index is 12.5. The number of aryl methyl sites for hydroxylation is 2. The first-order valence-electron chi connectivity index (χ1n) is 7.54. The maximum atomic E-state index is 12.5. The van der Waals surface area contributed by atoms with Crippen molar-refractivity contribution in [1.82, 2.24) is 15.1 Å². The Morgan fingerprint density at radius 3 is 2.62 bits per heavy atom. The summed E-state index contributed by atoms with van der Waals surface area (Å²) in [5, 5.41) is 27.6. The zero-order valence-electron chi connectivity index (χ0n) is 14.0. The van der Waals surface area contributed by atoms with Crippen LogP contribution in [0.4, 0.5) is 5.69 Å². The Kier molecular flexibility index (Phi) is 4.87. The smallest absolute Gasteiger partial charge is 0.311 e. The summed E-state index contributed by atoms with van der Waals surface area (Å²) in [6, 6.07) is 3.32. The van der Waals surface area contributed by atoms with Gasteiger partial charge in [0, 0.05) is 29.9 Å². The fourth-order valence-electron chi connectivity index (χ4n) is 2.73. The van der Waals surface area contributed by atoms with E-state index in [1.165, 1.54) is 6.07 Å². The predicted molar refractivity (Wildman–Crippen MR) is 87.9 cm³/mol. The highest BCUT2D eigenvalue weighted by atomic mass is 16.6. The van der Waals surface area contributed by atoms with Gasteiger partial charge in [-0.1, -0.05) is 6.92 Å². The molecule has 1 amide bonds. The lowest BCUT2D eigenvalue weighted by Gasteiger charge is -2.18. The lowest BCUT2D eigenvalue weighted by molar-refractivity contribution is -0.385. The molecule has 0 bridgehead atoms. The molecule has 24 heavy (non-hydrogen) atoms. The lowest BCUT2D eigenvalue weighted by atomic mass is 10.0. The van der Waals surface area contributed by atoms with E-state index in [1.54, 1.807) is 4.68 Å². The van der Waals surface area contributed by atoms with Crippen LogP contribution in [0.3, 0.4) is 0 Å². The van der Waals surface area contributed by atoms with Crippen LogP contribution < -0.4 is 5.32 Å².